The topological polar surface area (TPSA) is 77.1 Å². The predicted molar refractivity (Wildman–Crippen MR) is 102 cm³/mol. The zero-order chi connectivity index (χ0) is 19.2. The maximum atomic E-state index is 12.6. The maximum absolute atomic E-state index is 12.6. The molecule has 0 radical (unpaired) electrons. The number of nitrogens with one attached hydrogen (secondary N) is 1. The van der Waals surface area contributed by atoms with E-state index < -0.39 is 5.97 Å². The molecule has 1 heterocycles. The zero-order valence-corrected chi connectivity index (χ0v) is 15.4. The van der Waals surface area contributed by atoms with Gasteiger partial charge in [0.05, 0.1) is 38.7 Å². The molecule has 142 valence electrons. The Morgan fingerprint density at radius 1 is 1.07 bits per heavy atom. The number of hydrogen-bond donors (Lipinski definition) is 1. The summed E-state index contributed by atoms with van der Waals surface area (Å²) in [6.07, 6.45) is 0. The number of esters is 1. The maximum Gasteiger partial charge on any atom is 0.340 e. The van der Waals surface area contributed by atoms with Crippen molar-refractivity contribution in [3.05, 3.63) is 53.6 Å². The van der Waals surface area contributed by atoms with Gasteiger partial charge >= 0.3 is 5.97 Å². The Morgan fingerprint density at radius 2 is 1.85 bits per heavy atom. The summed E-state index contributed by atoms with van der Waals surface area (Å²) in [5.41, 5.74) is 2.02. The molecular weight excluding hydrogens is 348 g/mol. The van der Waals surface area contributed by atoms with E-state index in [9.17, 15) is 9.59 Å². The molecule has 1 aliphatic heterocycles. The number of benzene rings is 2. The fraction of sp³-hybridized carbons (Fsp3) is 0.300. The van der Waals surface area contributed by atoms with Crippen molar-refractivity contribution < 1.29 is 23.8 Å². The summed E-state index contributed by atoms with van der Waals surface area (Å²) in [6.45, 7) is 2.77. The van der Waals surface area contributed by atoms with Gasteiger partial charge in [-0.05, 0) is 36.4 Å². The number of carbonyl (C=O) groups excluding carboxylic acids is 2. The van der Waals surface area contributed by atoms with Crippen LogP contribution in [0.5, 0.6) is 5.75 Å². The number of rotatable bonds is 5. The second-order valence-electron chi connectivity index (χ2n) is 6.01. The van der Waals surface area contributed by atoms with Gasteiger partial charge in [0, 0.05) is 24.3 Å². The number of ether oxygens (including phenoxy) is 3. The fourth-order valence-electron chi connectivity index (χ4n) is 2.90. The van der Waals surface area contributed by atoms with Gasteiger partial charge in [-0.1, -0.05) is 6.07 Å². The van der Waals surface area contributed by atoms with Crippen LogP contribution in [0.4, 0.5) is 11.4 Å². The standard InChI is InChI=1S/C20H22N2O5/c1-25-16-5-3-4-14(12-16)19(23)21-18-7-6-15(13-17(18)20(24)26-2)22-8-10-27-11-9-22/h3-7,12-13H,8-11H2,1-2H3,(H,21,23). The minimum absolute atomic E-state index is 0.303. The molecule has 0 atom stereocenters. The molecule has 1 fully saturated rings. The van der Waals surface area contributed by atoms with Gasteiger partial charge in [0.2, 0.25) is 0 Å². The van der Waals surface area contributed by atoms with Crippen molar-refractivity contribution in [2.24, 2.45) is 0 Å². The summed E-state index contributed by atoms with van der Waals surface area (Å²) in [7, 11) is 2.86. The van der Waals surface area contributed by atoms with Crippen molar-refractivity contribution in [2.45, 2.75) is 0 Å². The fourth-order valence-corrected chi connectivity index (χ4v) is 2.90. The minimum atomic E-state index is -0.508. The Kier molecular flexibility index (Phi) is 5.93. The molecule has 0 aliphatic carbocycles. The molecule has 0 aromatic heterocycles. The molecule has 27 heavy (non-hydrogen) atoms. The first-order valence-corrected chi connectivity index (χ1v) is 8.63. The summed E-state index contributed by atoms with van der Waals surface area (Å²) in [5, 5.41) is 2.78. The summed E-state index contributed by atoms with van der Waals surface area (Å²) in [4.78, 5) is 27.0. The van der Waals surface area contributed by atoms with E-state index in [1.54, 1.807) is 36.4 Å². The van der Waals surface area contributed by atoms with Gasteiger partial charge in [-0.15, -0.1) is 0 Å². The Hall–Kier alpha value is -3.06. The molecule has 0 bridgehead atoms. The van der Waals surface area contributed by atoms with Crippen molar-refractivity contribution in [3.63, 3.8) is 0 Å². The molecule has 0 unspecified atom stereocenters. The van der Waals surface area contributed by atoms with E-state index >= 15 is 0 Å². The van der Waals surface area contributed by atoms with Gasteiger partial charge in [-0.3, -0.25) is 4.79 Å². The molecule has 7 heteroatoms. The number of methoxy groups -OCH3 is 2. The van der Waals surface area contributed by atoms with Crippen LogP contribution in [0.1, 0.15) is 20.7 Å². The van der Waals surface area contributed by atoms with Gasteiger partial charge in [0.25, 0.3) is 5.91 Å². The van der Waals surface area contributed by atoms with Crippen molar-refractivity contribution in [2.75, 3.05) is 50.7 Å². The molecule has 0 saturated carbocycles. The molecule has 2 aromatic carbocycles. The highest BCUT2D eigenvalue weighted by molar-refractivity contribution is 6.08. The van der Waals surface area contributed by atoms with Crippen LogP contribution < -0.4 is 15.0 Å². The van der Waals surface area contributed by atoms with Crippen molar-refractivity contribution >= 4 is 23.3 Å². The Bertz CT molecular complexity index is 831. The number of nitrogens with zero attached hydrogens (tertiary/aromatic N) is 1. The summed E-state index contributed by atoms with van der Waals surface area (Å²) in [5.74, 6) is -0.261. The van der Waals surface area contributed by atoms with E-state index in [4.69, 9.17) is 14.2 Å². The smallest absolute Gasteiger partial charge is 0.340 e. The first-order valence-electron chi connectivity index (χ1n) is 8.63. The molecule has 7 nitrogen and oxygen atoms in total. The quantitative estimate of drug-likeness (QED) is 0.815. The average molecular weight is 370 g/mol. The van der Waals surface area contributed by atoms with Gasteiger partial charge in [-0.25, -0.2) is 4.79 Å². The van der Waals surface area contributed by atoms with Crippen LogP contribution in [0, 0.1) is 0 Å². The predicted octanol–water partition coefficient (Wildman–Crippen LogP) is 2.57. The van der Waals surface area contributed by atoms with Gasteiger partial charge in [-0.2, -0.15) is 0 Å². The molecule has 1 N–H and O–H groups in total. The normalized spacial score (nSPS) is 13.8. The number of morpholine rings is 1. The first kappa shape index (κ1) is 18.7. The van der Waals surface area contributed by atoms with Crippen LogP contribution in [0.3, 0.4) is 0 Å². The van der Waals surface area contributed by atoms with E-state index in [1.165, 1.54) is 14.2 Å². The number of amides is 1. The SMILES string of the molecule is COC(=O)c1cc(N2CCOCC2)ccc1NC(=O)c1cccc(OC)c1. The lowest BCUT2D eigenvalue weighted by Gasteiger charge is -2.29. The Labute approximate surface area is 157 Å². The highest BCUT2D eigenvalue weighted by Gasteiger charge is 2.19. The molecular formula is C20H22N2O5. The van der Waals surface area contributed by atoms with E-state index in [-0.39, 0.29) is 5.91 Å². The summed E-state index contributed by atoms with van der Waals surface area (Å²) < 4.78 is 15.4. The molecule has 1 saturated heterocycles. The van der Waals surface area contributed by atoms with E-state index in [0.29, 0.717) is 35.8 Å². The average Bonchev–Trinajstić information content (AvgIpc) is 2.74. The number of carbonyl (C=O) groups is 2. The number of anilines is 2. The van der Waals surface area contributed by atoms with E-state index in [0.717, 1.165) is 18.8 Å². The highest BCUT2D eigenvalue weighted by Crippen LogP contribution is 2.26. The molecule has 1 amide bonds. The lowest BCUT2D eigenvalue weighted by molar-refractivity contribution is 0.0602. The van der Waals surface area contributed by atoms with Gasteiger partial charge < -0.3 is 24.4 Å². The largest absolute Gasteiger partial charge is 0.497 e. The third-order valence-corrected chi connectivity index (χ3v) is 4.36. The van der Waals surface area contributed by atoms with Crippen LogP contribution in [0.25, 0.3) is 0 Å². The third kappa shape index (κ3) is 4.38. The summed E-state index contributed by atoms with van der Waals surface area (Å²) in [6, 6.07) is 12.1. The van der Waals surface area contributed by atoms with Crippen LogP contribution in [-0.4, -0.2) is 52.4 Å². The van der Waals surface area contributed by atoms with Crippen molar-refractivity contribution in [3.8, 4) is 5.75 Å². The zero-order valence-electron chi connectivity index (χ0n) is 15.4. The Morgan fingerprint density at radius 3 is 2.56 bits per heavy atom. The highest BCUT2D eigenvalue weighted by atomic mass is 16.5. The van der Waals surface area contributed by atoms with Crippen LogP contribution in [0.15, 0.2) is 42.5 Å². The minimum Gasteiger partial charge on any atom is -0.497 e. The molecule has 2 aromatic rings. The van der Waals surface area contributed by atoms with Crippen LogP contribution >= 0.6 is 0 Å². The molecule has 0 spiro atoms. The van der Waals surface area contributed by atoms with Gasteiger partial charge in [0.15, 0.2) is 0 Å². The molecule has 1 aliphatic rings. The second kappa shape index (κ2) is 8.55. The summed E-state index contributed by atoms with van der Waals surface area (Å²) >= 11 is 0. The van der Waals surface area contributed by atoms with Crippen LogP contribution in [0.2, 0.25) is 0 Å². The van der Waals surface area contributed by atoms with E-state index in [1.807, 2.05) is 6.07 Å². The molecule has 3 rings (SSSR count). The Balaban J connectivity index is 1.87. The first-order chi connectivity index (χ1) is 13.1. The monoisotopic (exact) mass is 370 g/mol. The van der Waals surface area contributed by atoms with Crippen molar-refractivity contribution in [1.29, 1.82) is 0 Å². The van der Waals surface area contributed by atoms with Gasteiger partial charge in [0.1, 0.15) is 5.75 Å². The third-order valence-electron chi connectivity index (χ3n) is 4.36. The number of hydrogen-bond acceptors (Lipinski definition) is 6. The van der Waals surface area contributed by atoms with Crippen molar-refractivity contribution in [1.82, 2.24) is 0 Å². The lowest BCUT2D eigenvalue weighted by atomic mass is 10.1. The second-order valence-corrected chi connectivity index (χ2v) is 6.01. The van der Waals surface area contributed by atoms with Crippen LogP contribution in [-0.2, 0) is 9.47 Å². The van der Waals surface area contributed by atoms with E-state index in [2.05, 4.69) is 10.2 Å². The lowest BCUT2D eigenvalue weighted by Crippen LogP contribution is -2.36.